The van der Waals surface area contributed by atoms with Crippen LogP contribution in [0, 0.1) is 0 Å². The molecule has 17 heavy (non-hydrogen) atoms. The second kappa shape index (κ2) is 6.17. The first-order chi connectivity index (χ1) is 8.29. The number of rotatable bonds is 4. The fraction of sp³-hybridized carbons (Fsp3) is 0.769. The molecule has 1 aromatic rings. The van der Waals surface area contributed by atoms with Crippen LogP contribution in [0.1, 0.15) is 37.2 Å². The van der Waals surface area contributed by atoms with Crippen molar-refractivity contribution in [2.24, 2.45) is 12.8 Å². The van der Waals surface area contributed by atoms with Crippen LogP contribution >= 0.6 is 0 Å². The van der Waals surface area contributed by atoms with Crippen molar-refractivity contribution in [1.82, 2.24) is 14.7 Å². The van der Waals surface area contributed by atoms with Crippen LogP contribution in [0.15, 0.2) is 12.4 Å². The Balaban J connectivity index is 1.94. The molecule has 2 heterocycles. The Bertz CT molecular complexity index is 326. The molecule has 1 unspecified atom stereocenters. The minimum Gasteiger partial charge on any atom is -0.330 e. The number of hydrogen-bond acceptors (Lipinski definition) is 3. The molecule has 96 valence electrons. The summed E-state index contributed by atoms with van der Waals surface area (Å²) in [4.78, 5) is 2.57. The quantitative estimate of drug-likeness (QED) is 0.858. The van der Waals surface area contributed by atoms with E-state index in [0.29, 0.717) is 12.5 Å². The molecule has 0 spiro atoms. The molecule has 0 bridgehead atoms. The van der Waals surface area contributed by atoms with Crippen LogP contribution in [-0.4, -0.2) is 40.9 Å². The number of aromatic nitrogens is 2. The molecule has 0 amide bonds. The number of hydrogen-bond donors (Lipinski definition) is 1. The maximum Gasteiger partial charge on any atom is 0.0525 e. The maximum atomic E-state index is 5.91. The zero-order chi connectivity index (χ0) is 12.1. The predicted molar refractivity (Wildman–Crippen MR) is 69.9 cm³/mol. The minimum atomic E-state index is 0.432. The van der Waals surface area contributed by atoms with Crippen LogP contribution in [0.2, 0.25) is 0 Å². The fourth-order valence-electron chi connectivity index (χ4n) is 2.60. The van der Waals surface area contributed by atoms with Gasteiger partial charge in [-0.15, -0.1) is 0 Å². The summed E-state index contributed by atoms with van der Waals surface area (Å²) in [5.41, 5.74) is 7.18. The van der Waals surface area contributed by atoms with Crippen molar-refractivity contribution in [2.75, 3.05) is 26.2 Å². The van der Waals surface area contributed by atoms with E-state index < -0.39 is 0 Å². The van der Waals surface area contributed by atoms with Gasteiger partial charge in [0.2, 0.25) is 0 Å². The summed E-state index contributed by atoms with van der Waals surface area (Å²) in [6, 6.07) is 0. The summed E-state index contributed by atoms with van der Waals surface area (Å²) in [5, 5.41) is 4.24. The Morgan fingerprint density at radius 1 is 1.29 bits per heavy atom. The normalized spacial score (nSPS) is 20.1. The molecule has 1 aromatic heterocycles. The third kappa shape index (κ3) is 3.54. The Hall–Kier alpha value is -0.870. The van der Waals surface area contributed by atoms with Crippen molar-refractivity contribution in [3.05, 3.63) is 18.0 Å². The highest BCUT2D eigenvalue weighted by molar-refractivity contribution is 5.12. The van der Waals surface area contributed by atoms with E-state index >= 15 is 0 Å². The molecule has 1 fully saturated rings. The van der Waals surface area contributed by atoms with E-state index in [9.17, 15) is 0 Å². The lowest BCUT2D eigenvalue weighted by Crippen LogP contribution is -2.32. The molecule has 4 nitrogen and oxygen atoms in total. The topological polar surface area (TPSA) is 47.1 Å². The minimum absolute atomic E-state index is 0.432. The van der Waals surface area contributed by atoms with E-state index in [1.165, 1.54) is 44.3 Å². The molecule has 0 aliphatic carbocycles. The first kappa shape index (κ1) is 12.6. The van der Waals surface area contributed by atoms with Gasteiger partial charge in [0.1, 0.15) is 0 Å². The Labute approximate surface area is 104 Å². The predicted octanol–water partition coefficient (Wildman–Crippen LogP) is 1.34. The van der Waals surface area contributed by atoms with Crippen molar-refractivity contribution in [1.29, 1.82) is 0 Å². The summed E-state index contributed by atoms with van der Waals surface area (Å²) in [7, 11) is 1.96. The number of aryl methyl sites for hydroxylation is 1. The summed E-state index contributed by atoms with van der Waals surface area (Å²) in [5.74, 6) is 0.432. The maximum absolute atomic E-state index is 5.91. The molecule has 0 saturated carbocycles. The van der Waals surface area contributed by atoms with Crippen LogP contribution in [0.5, 0.6) is 0 Å². The van der Waals surface area contributed by atoms with Crippen LogP contribution < -0.4 is 5.73 Å². The molecule has 1 atom stereocenters. The zero-order valence-electron chi connectivity index (χ0n) is 10.8. The molecule has 2 N–H and O–H groups in total. The monoisotopic (exact) mass is 236 g/mol. The van der Waals surface area contributed by atoms with Crippen molar-refractivity contribution < 1.29 is 0 Å². The lowest BCUT2D eigenvalue weighted by molar-refractivity contribution is 0.267. The number of nitrogens with two attached hydrogens (primary N) is 1. The van der Waals surface area contributed by atoms with Gasteiger partial charge in [-0.2, -0.15) is 5.10 Å². The molecule has 1 aliphatic heterocycles. The molecule has 4 heteroatoms. The van der Waals surface area contributed by atoms with Gasteiger partial charge in [-0.05, 0) is 31.5 Å². The highest BCUT2D eigenvalue weighted by Crippen LogP contribution is 2.18. The zero-order valence-corrected chi connectivity index (χ0v) is 10.8. The van der Waals surface area contributed by atoms with Crippen LogP contribution in [0.25, 0.3) is 0 Å². The SMILES string of the molecule is Cn1cc(C(CN)CN2CCCCCC2)cn1. The van der Waals surface area contributed by atoms with E-state index in [4.69, 9.17) is 5.73 Å². The Morgan fingerprint density at radius 2 is 2.00 bits per heavy atom. The third-order valence-corrected chi connectivity index (χ3v) is 3.66. The van der Waals surface area contributed by atoms with Crippen molar-refractivity contribution in [2.45, 2.75) is 31.6 Å². The van der Waals surface area contributed by atoms with E-state index in [1.807, 2.05) is 17.9 Å². The molecular formula is C13H24N4. The third-order valence-electron chi connectivity index (χ3n) is 3.66. The lowest BCUT2D eigenvalue weighted by Gasteiger charge is -2.24. The molecule has 1 aliphatic rings. The number of likely N-dealkylation sites (tertiary alicyclic amines) is 1. The van der Waals surface area contributed by atoms with E-state index in [1.54, 1.807) is 0 Å². The van der Waals surface area contributed by atoms with Crippen LogP contribution in [-0.2, 0) is 7.05 Å². The van der Waals surface area contributed by atoms with E-state index in [2.05, 4.69) is 16.2 Å². The first-order valence-electron chi connectivity index (χ1n) is 6.70. The molecule has 0 radical (unpaired) electrons. The summed E-state index contributed by atoms with van der Waals surface area (Å²) >= 11 is 0. The highest BCUT2D eigenvalue weighted by Gasteiger charge is 2.17. The van der Waals surface area contributed by atoms with Crippen molar-refractivity contribution in [3.8, 4) is 0 Å². The van der Waals surface area contributed by atoms with Crippen LogP contribution in [0.4, 0.5) is 0 Å². The molecule has 1 saturated heterocycles. The highest BCUT2D eigenvalue weighted by atomic mass is 15.2. The summed E-state index contributed by atoms with van der Waals surface area (Å²) < 4.78 is 1.86. The van der Waals surface area contributed by atoms with Crippen molar-refractivity contribution in [3.63, 3.8) is 0 Å². The fourth-order valence-corrected chi connectivity index (χ4v) is 2.60. The van der Waals surface area contributed by atoms with Gasteiger partial charge < -0.3 is 10.6 Å². The van der Waals surface area contributed by atoms with Gasteiger partial charge in [0.15, 0.2) is 0 Å². The molecular weight excluding hydrogens is 212 g/mol. The van der Waals surface area contributed by atoms with E-state index in [0.717, 1.165) is 6.54 Å². The van der Waals surface area contributed by atoms with E-state index in [-0.39, 0.29) is 0 Å². The largest absolute Gasteiger partial charge is 0.330 e. The Morgan fingerprint density at radius 3 is 2.53 bits per heavy atom. The second-order valence-electron chi connectivity index (χ2n) is 5.09. The van der Waals surface area contributed by atoms with Gasteiger partial charge >= 0.3 is 0 Å². The van der Waals surface area contributed by atoms with Gasteiger partial charge in [-0.1, -0.05) is 12.8 Å². The lowest BCUT2D eigenvalue weighted by atomic mass is 10.0. The van der Waals surface area contributed by atoms with Gasteiger partial charge in [0.05, 0.1) is 6.20 Å². The average molecular weight is 236 g/mol. The summed E-state index contributed by atoms with van der Waals surface area (Å²) in [6.07, 6.45) is 9.49. The van der Waals surface area contributed by atoms with Gasteiger partial charge in [0.25, 0.3) is 0 Å². The second-order valence-corrected chi connectivity index (χ2v) is 5.09. The van der Waals surface area contributed by atoms with Gasteiger partial charge in [0, 0.05) is 32.3 Å². The van der Waals surface area contributed by atoms with Crippen molar-refractivity contribution >= 4 is 0 Å². The molecule has 0 aromatic carbocycles. The van der Waals surface area contributed by atoms with Crippen LogP contribution in [0.3, 0.4) is 0 Å². The first-order valence-corrected chi connectivity index (χ1v) is 6.70. The number of nitrogens with zero attached hydrogens (tertiary/aromatic N) is 3. The smallest absolute Gasteiger partial charge is 0.0525 e. The Kier molecular flexibility index (Phi) is 4.57. The molecule has 2 rings (SSSR count). The standard InChI is InChI=1S/C13H24N4/c1-16-10-13(9-15-16)12(8-14)11-17-6-4-2-3-5-7-17/h9-10,12H,2-8,11,14H2,1H3. The van der Waals surface area contributed by atoms with Gasteiger partial charge in [-0.25, -0.2) is 0 Å². The summed E-state index contributed by atoms with van der Waals surface area (Å²) in [6.45, 7) is 4.26. The van der Waals surface area contributed by atoms with Gasteiger partial charge in [-0.3, -0.25) is 4.68 Å². The average Bonchev–Trinajstić information content (AvgIpc) is 2.62.